The molecule has 0 radical (unpaired) electrons. The zero-order chi connectivity index (χ0) is 8.97. The molecule has 0 bridgehead atoms. The van der Waals surface area contributed by atoms with Crippen LogP contribution in [0.2, 0.25) is 0 Å². The molecule has 0 aromatic heterocycles. The van der Waals surface area contributed by atoms with Gasteiger partial charge in [-0.25, -0.2) is 0 Å². The highest BCUT2D eigenvalue weighted by Gasteiger charge is 1.96. The van der Waals surface area contributed by atoms with Crippen molar-refractivity contribution in [3.63, 3.8) is 0 Å². The molecule has 62 valence electrons. The van der Waals surface area contributed by atoms with Gasteiger partial charge < -0.3 is 0 Å². The summed E-state index contributed by atoms with van der Waals surface area (Å²) in [5.74, 6) is 0. The Morgan fingerprint density at radius 1 is 1.25 bits per heavy atom. The standard InChI is InChI=1S/C10H12N2/c1-8-5-4-6-9(2)10(8)7-12-11-3/h4-7H,3H2,1-2H3/b12-7-. The maximum absolute atomic E-state index is 3.75. The molecule has 0 saturated heterocycles. The van der Waals surface area contributed by atoms with Gasteiger partial charge in [-0.3, -0.25) is 0 Å². The first kappa shape index (κ1) is 8.65. The van der Waals surface area contributed by atoms with Crippen LogP contribution in [-0.4, -0.2) is 12.9 Å². The second-order valence-corrected chi connectivity index (χ2v) is 2.69. The molecular formula is C10H12N2. The quantitative estimate of drug-likeness (QED) is 0.468. The molecule has 0 amide bonds. The summed E-state index contributed by atoms with van der Waals surface area (Å²) < 4.78 is 0. The molecule has 0 N–H and O–H groups in total. The number of hydrogen-bond acceptors (Lipinski definition) is 2. The third-order valence-electron chi connectivity index (χ3n) is 1.81. The van der Waals surface area contributed by atoms with E-state index in [1.165, 1.54) is 11.1 Å². The van der Waals surface area contributed by atoms with E-state index < -0.39 is 0 Å². The normalized spacial score (nSPS) is 10.5. The molecular weight excluding hydrogens is 148 g/mol. The average molecular weight is 160 g/mol. The third-order valence-corrected chi connectivity index (χ3v) is 1.81. The van der Waals surface area contributed by atoms with E-state index in [0.29, 0.717) is 0 Å². The minimum atomic E-state index is 1.13. The molecule has 0 aliphatic heterocycles. The van der Waals surface area contributed by atoms with Crippen molar-refractivity contribution in [2.45, 2.75) is 13.8 Å². The Hall–Kier alpha value is -1.44. The third kappa shape index (κ3) is 1.78. The van der Waals surface area contributed by atoms with Gasteiger partial charge in [-0.2, -0.15) is 10.2 Å². The molecule has 0 saturated carbocycles. The lowest BCUT2D eigenvalue weighted by Crippen LogP contribution is -1.90. The zero-order valence-electron chi connectivity index (χ0n) is 7.41. The van der Waals surface area contributed by atoms with E-state index in [4.69, 9.17) is 0 Å². The first-order chi connectivity index (χ1) is 5.75. The van der Waals surface area contributed by atoms with E-state index in [1.54, 1.807) is 6.21 Å². The lowest BCUT2D eigenvalue weighted by molar-refractivity contribution is 1.26. The number of benzene rings is 1. The van der Waals surface area contributed by atoms with Crippen molar-refractivity contribution in [2.75, 3.05) is 0 Å². The van der Waals surface area contributed by atoms with Gasteiger partial charge in [-0.1, -0.05) is 18.2 Å². The smallest absolute Gasteiger partial charge is 0.0573 e. The van der Waals surface area contributed by atoms with Crippen LogP contribution in [0.15, 0.2) is 28.4 Å². The van der Waals surface area contributed by atoms with Crippen molar-refractivity contribution in [2.24, 2.45) is 10.2 Å². The van der Waals surface area contributed by atoms with Gasteiger partial charge in [-0.15, -0.1) is 0 Å². The fourth-order valence-electron chi connectivity index (χ4n) is 1.13. The highest BCUT2D eigenvalue weighted by molar-refractivity contribution is 5.83. The molecule has 0 unspecified atom stereocenters. The Labute approximate surface area is 72.7 Å². The molecule has 2 nitrogen and oxygen atoms in total. The summed E-state index contributed by atoms with van der Waals surface area (Å²) in [5, 5.41) is 7.19. The Kier molecular flexibility index (Phi) is 2.75. The highest BCUT2D eigenvalue weighted by Crippen LogP contribution is 2.10. The minimum absolute atomic E-state index is 1.13. The van der Waals surface area contributed by atoms with Crippen LogP contribution in [0, 0.1) is 13.8 Å². The van der Waals surface area contributed by atoms with Gasteiger partial charge in [0.1, 0.15) is 0 Å². The van der Waals surface area contributed by atoms with E-state index in [2.05, 4.69) is 42.9 Å². The summed E-state index contributed by atoms with van der Waals surface area (Å²) in [6, 6.07) is 6.14. The van der Waals surface area contributed by atoms with Crippen molar-refractivity contribution >= 4 is 12.9 Å². The van der Waals surface area contributed by atoms with Crippen LogP contribution >= 0.6 is 0 Å². The van der Waals surface area contributed by atoms with Crippen molar-refractivity contribution < 1.29 is 0 Å². The molecule has 12 heavy (non-hydrogen) atoms. The molecule has 0 fully saturated rings. The first-order valence-electron chi connectivity index (χ1n) is 3.81. The summed E-state index contributed by atoms with van der Waals surface area (Å²) in [6.45, 7) is 7.39. The first-order valence-corrected chi connectivity index (χ1v) is 3.81. The van der Waals surface area contributed by atoms with Gasteiger partial charge in [0.2, 0.25) is 0 Å². The molecule has 1 aromatic rings. The highest BCUT2D eigenvalue weighted by atomic mass is 15.2. The summed E-state index contributed by atoms with van der Waals surface area (Å²) in [7, 11) is 0. The van der Waals surface area contributed by atoms with E-state index in [1.807, 2.05) is 6.07 Å². The largest absolute Gasteiger partial charge is 0.167 e. The second-order valence-electron chi connectivity index (χ2n) is 2.69. The summed E-state index contributed by atoms with van der Waals surface area (Å²) >= 11 is 0. The SMILES string of the molecule is C=N/N=C\c1c(C)cccc1C. The van der Waals surface area contributed by atoms with Crippen LogP contribution in [-0.2, 0) is 0 Å². The van der Waals surface area contributed by atoms with E-state index in [-0.39, 0.29) is 0 Å². The lowest BCUT2D eigenvalue weighted by atomic mass is 10.0. The van der Waals surface area contributed by atoms with Crippen molar-refractivity contribution in [1.82, 2.24) is 0 Å². The van der Waals surface area contributed by atoms with Crippen LogP contribution in [0.4, 0.5) is 0 Å². The molecule has 2 heteroatoms. The van der Waals surface area contributed by atoms with E-state index >= 15 is 0 Å². The Bertz CT molecular complexity index is 293. The van der Waals surface area contributed by atoms with Gasteiger partial charge >= 0.3 is 0 Å². The molecule has 0 atom stereocenters. The van der Waals surface area contributed by atoms with E-state index in [9.17, 15) is 0 Å². The number of rotatable bonds is 2. The van der Waals surface area contributed by atoms with E-state index in [0.717, 1.165) is 5.56 Å². The Morgan fingerprint density at radius 2 is 1.83 bits per heavy atom. The van der Waals surface area contributed by atoms with Crippen LogP contribution < -0.4 is 0 Å². The van der Waals surface area contributed by atoms with Crippen LogP contribution in [0.3, 0.4) is 0 Å². The number of hydrogen-bond donors (Lipinski definition) is 0. The number of nitrogens with zero attached hydrogens (tertiary/aromatic N) is 2. The van der Waals surface area contributed by atoms with Crippen molar-refractivity contribution in [3.05, 3.63) is 34.9 Å². The zero-order valence-corrected chi connectivity index (χ0v) is 7.41. The van der Waals surface area contributed by atoms with Crippen molar-refractivity contribution in [3.8, 4) is 0 Å². The molecule has 0 spiro atoms. The lowest BCUT2D eigenvalue weighted by Gasteiger charge is -2.01. The van der Waals surface area contributed by atoms with Crippen LogP contribution in [0.25, 0.3) is 0 Å². The van der Waals surface area contributed by atoms with Gasteiger partial charge in [-0.05, 0) is 25.0 Å². The Balaban J connectivity index is 3.12. The fourth-order valence-corrected chi connectivity index (χ4v) is 1.13. The molecule has 0 aliphatic rings. The van der Waals surface area contributed by atoms with Gasteiger partial charge in [0, 0.05) is 12.3 Å². The molecule has 1 rings (SSSR count). The summed E-state index contributed by atoms with van der Waals surface area (Å²) in [4.78, 5) is 0. The average Bonchev–Trinajstić information content (AvgIpc) is 2.04. The molecule has 1 aromatic carbocycles. The van der Waals surface area contributed by atoms with Gasteiger partial charge in [0.15, 0.2) is 0 Å². The van der Waals surface area contributed by atoms with Gasteiger partial charge in [0.05, 0.1) is 6.21 Å². The maximum Gasteiger partial charge on any atom is 0.0573 e. The number of aryl methyl sites for hydroxylation is 2. The van der Waals surface area contributed by atoms with Crippen LogP contribution in [0.1, 0.15) is 16.7 Å². The second kappa shape index (κ2) is 3.81. The van der Waals surface area contributed by atoms with Crippen LogP contribution in [0.5, 0.6) is 0 Å². The van der Waals surface area contributed by atoms with Gasteiger partial charge in [0.25, 0.3) is 0 Å². The summed E-state index contributed by atoms with van der Waals surface area (Å²) in [5.41, 5.74) is 3.55. The predicted octanol–water partition coefficient (Wildman–Crippen LogP) is 2.34. The monoisotopic (exact) mass is 160 g/mol. The predicted molar refractivity (Wildman–Crippen MR) is 53.1 cm³/mol. The van der Waals surface area contributed by atoms with Crippen molar-refractivity contribution in [1.29, 1.82) is 0 Å². The minimum Gasteiger partial charge on any atom is -0.167 e. The Morgan fingerprint density at radius 3 is 2.33 bits per heavy atom. The topological polar surface area (TPSA) is 24.7 Å². The summed E-state index contributed by atoms with van der Waals surface area (Å²) in [6.07, 6.45) is 1.73. The molecule has 0 heterocycles. The maximum atomic E-state index is 3.75. The fraction of sp³-hybridized carbons (Fsp3) is 0.200. The molecule has 0 aliphatic carbocycles.